The Morgan fingerprint density at radius 2 is 1.60 bits per heavy atom. The maximum absolute atomic E-state index is 12.2. The molecule has 1 aromatic rings. The molecule has 0 aliphatic rings. The monoisotopic (exact) mass is 318 g/mol. The molecule has 1 rings (SSSR count). The Balaban J connectivity index is 3.03. The molecule has 1 aromatic heterocycles. The van der Waals surface area contributed by atoms with E-state index >= 15 is 0 Å². The molecular formula is C13H16Cl2N2O3. The largest absolute Gasteiger partial charge is 0.481 e. The molecule has 20 heavy (non-hydrogen) atoms. The van der Waals surface area contributed by atoms with Crippen LogP contribution in [0, 0.1) is 5.41 Å². The molecule has 1 heterocycles. The van der Waals surface area contributed by atoms with Gasteiger partial charge in [-0.3, -0.25) is 9.59 Å². The van der Waals surface area contributed by atoms with E-state index in [2.05, 4.69) is 10.3 Å². The summed E-state index contributed by atoms with van der Waals surface area (Å²) in [7, 11) is 0. The summed E-state index contributed by atoms with van der Waals surface area (Å²) in [4.78, 5) is 27.2. The summed E-state index contributed by atoms with van der Waals surface area (Å²) in [5.41, 5.74) is -1.90. The standard InChI is InChI=1S/C13H16Cl2N2O3/c1-12(2,11(19)20)13(3,4)17-10(18)7-5-8(14)16-9(15)6-7/h5-6H,1-4H3,(H,17,18)(H,19,20). The van der Waals surface area contributed by atoms with Crippen molar-refractivity contribution >= 4 is 35.1 Å². The molecule has 0 saturated carbocycles. The molecule has 0 bridgehead atoms. The molecule has 2 N–H and O–H groups in total. The van der Waals surface area contributed by atoms with E-state index in [0.29, 0.717) is 0 Å². The molecular weight excluding hydrogens is 303 g/mol. The van der Waals surface area contributed by atoms with Gasteiger partial charge in [-0.15, -0.1) is 0 Å². The second-order valence-corrected chi connectivity index (χ2v) is 6.29. The SMILES string of the molecule is CC(C)(NC(=O)c1cc(Cl)nc(Cl)c1)C(C)(C)C(=O)O. The van der Waals surface area contributed by atoms with Gasteiger partial charge in [0.05, 0.1) is 11.0 Å². The van der Waals surface area contributed by atoms with Crippen LogP contribution in [-0.4, -0.2) is 27.5 Å². The number of hydrogen-bond donors (Lipinski definition) is 2. The van der Waals surface area contributed by atoms with Crippen molar-refractivity contribution in [1.82, 2.24) is 10.3 Å². The van der Waals surface area contributed by atoms with Crippen molar-refractivity contribution in [3.8, 4) is 0 Å². The van der Waals surface area contributed by atoms with Crippen LogP contribution in [0.25, 0.3) is 0 Å². The molecule has 0 aliphatic carbocycles. The van der Waals surface area contributed by atoms with E-state index in [9.17, 15) is 14.7 Å². The number of pyridine rings is 1. The van der Waals surface area contributed by atoms with Crippen LogP contribution < -0.4 is 5.32 Å². The van der Waals surface area contributed by atoms with Crippen molar-refractivity contribution < 1.29 is 14.7 Å². The Bertz CT molecular complexity index is 536. The van der Waals surface area contributed by atoms with E-state index in [4.69, 9.17) is 23.2 Å². The summed E-state index contributed by atoms with van der Waals surface area (Å²) < 4.78 is 0. The Hall–Kier alpha value is -1.33. The lowest BCUT2D eigenvalue weighted by Crippen LogP contribution is -2.56. The van der Waals surface area contributed by atoms with E-state index in [1.165, 1.54) is 12.1 Å². The van der Waals surface area contributed by atoms with Gasteiger partial charge in [-0.1, -0.05) is 23.2 Å². The highest BCUT2D eigenvalue weighted by molar-refractivity contribution is 6.33. The van der Waals surface area contributed by atoms with Gasteiger partial charge in [-0.05, 0) is 39.8 Å². The summed E-state index contributed by atoms with van der Waals surface area (Å²) in [6.45, 7) is 6.37. The smallest absolute Gasteiger partial charge is 0.311 e. The number of aromatic nitrogens is 1. The molecule has 1 amide bonds. The number of nitrogens with zero attached hydrogens (tertiary/aromatic N) is 1. The number of nitrogens with one attached hydrogen (secondary N) is 1. The highest BCUT2D eigenvalue weighted by Gasteiger charge is 2.44. The van der Waals surface area contributed by atoms with Gasteiger partial charge in [0.15, 0.2) is 0 Å². The van der Waals surface area contributed by atoms with Gasteiger partial charge in [0, 0.05) is 5.56 Å². The second-order valence-electron chi connectivity index (χ2n) is 5.51. The highest BCUT2D eigenvalue weighted by Crippen LogP contribution is 2.31. The molecule has 0 saturated heterocycles. The Labute approximate surface area is 127 Å². The lowest BCUT2D eigenvalue weighted by atomic mass is 9.74. The summed E-state index contributed by atoms with van der Waals surface area (Å²) in [5.74, 6) is -1.47. The average Bonchev–Trinajstić information content (AvgIpc) is 2.26. The second kappa shape index (κ2) is 5.58. The van der Waals surface area contributed by atoms with E-state index in [1.54, 1.807) is 27.7 Å². The Morgan fingerprint density at radius 3 is 2.00 bits per heavy atom. The number of rotatable bonds is 4. The van der Waals surface area contributed by atoms with Gasteiger partial charge in [-0.2, -0.15) is 0 Å². The predicted octanol–water partition coefficient (Wildman–Crippen LogP) is 3.01. The fraction of sp³-hybridized carbons (Fsp3) is 0.462. The van der Waals surface area contributed by atoms with E-state index in [-0.39, 0.29) is 15.9 Å². The molecule has 0 fully saturated rings. The van der Waals surface area contributed by atoms with Crippen LogP contribution in [0.3, 0.4) is 0 Å². The van der Waals surface area contributed by atoms with Crippen molar-refractivity contribution in [2.75, 3.05) is 0 Å². The van der Waals surface area contributed by atoms with Crippen LogP contribution in [0.15, 0.2) is 12.1 Å². The molecule has 0 aliphatic heterocycles. The third kappa shape index (κ3) is 3.41. The number of carboxylic acid groups (broad SMARTS) is 1. The maximum Gasteiger partial charge on any atom is 0.311 e. The van der Waals surface area contributed by atoms with Gasteiger partial charge in [0.2, 0.25) is 0 Å². The minimum Gasteiger partial charge on any atom is -0.481 e. The van der Waals surface area contributed by atoms with Gasteiger partial charge < -0.3 is 10.4 Å². The first-order valence-corrected chi connectivity index (χ1v) is 6.62. The summed E-state index contributed by atoms with van der Waals surface area (Å²) >= 11 is 11.5. The molecule has 0 radical (unpaired) electrons. The number of carboxylic acids is 1. The number of hydrogen-bond acceptors (Lipinski definition) is 3. The maximum atomic E-state index is 12.2. The van der Waals surface area contributed by atoms with Crippen molar-refractivity contribution in [3.63, 3.8) is 0 Å². The van der Waals surface area contributed by atoms with Gasteiger partial charge >= 0.3 is 5.97 Å². The van der Waals surface area contributed by atoms with E-state index in [1.807, 2.05) is 0 Å². The quantitative estimate of drug-likeness (QED) is 0.836. The zero-order valence-corrected chi connectivity index (χ0v) is 13.1. The lowest BCUT2D eigenvalue weighted by molar-refractivity contribution is -0.150. The Kier molecular flexibility index (Phi) is 4.66. The number of aliphatic carboxylic acids is 1. The van der Waals surface area contributed by atoms with Crippen LogP contribution >= 0.6 is 23.2 Å². The lowest BCUT2D eigenvalue weighted by Gasteiger charge is -2.38. The van der Waals surface area contributed by atoms with Crippen molar-refractivity contribution in [1.29, 1.82) is 0 Å². The van der Waals surface area contributed by atoms with Gasteiger partial charge in [-0.25, -0.2) is 4.98 Å². The summed E-state index contributed by atoms with van der Waals surface area (Å²) in [6.07, 6.45) is 0. The van der Waals surface area contributed by atoms with Crippen molar-refractivity contribution in [3.05, 3.63) is 28.0 Å². The van der Waals surface area contributed by atoms with Crippen LogP contribution in [0.2, 0.25) is 10.3 Å². The first-order valence-electron chi connectivity index (χ1n) is 5.86. The molecule has 110 valence electrons. The molecule has 0 atom stereocenters. The fourth-order valence-corrected chi connectivity index (χ4v) is 1.84. The molecule has 5 nitrogen and oxygen atoms in total. The third-order valence-corrected chi connectivity index (χ3v) is 3.94. The van der Waals surface area contributed by atoms with E-state index in [0.717, 1.165) is 0 Å². The molecule has 7 heteroatoms. The summed E-state index contributed by atoms with van der Waals surface area (Å²) in [6, 6.07) is 2.74. The summed E-state index contributed by atoms with van der Waals surface area (Å²) in [5, 5.41) is 12.1. The first kappa shape index (κ1) is 16.7. The van der Waals surface area contributed by atoms with Crippen LogP contribution in [0.5, 0.6) is 0 Å². The normalized spacial score (nSPS) is 12.1. The molecule has 0 aromatic carbocycles. The zero-order chi connectivity index (χ0) is 15.7. The zero-order valence-electron chi connectivity index (χ0n) is 11.6. The van der Waals surface area contributed by atoms with Crippen LogP contribution in [0.4, 0.5) is 0 Å². The minimum atomic E-state index is -1.15. The Morgan fingerprint density at radius 1 is 1.15 bits per heavy atom. The van der Waals surface area contributed by atoms with Crippen molar-refractivity contribution in [2.45, 2.75) is 33.2 Å². The topological polar surface area (TPSA) is 79.3 Å². The number of carbonyl (C=O) groups is 2. The molecule has 0 unspecified atom stereocenters. The average molecular weight is 319 g/mol. The number of carbonyl (C=O) groups excluding carboxylic acids is 1. The minimum absolute atomic E-state index is 0.0953. The number of halogens is 2. The fourth-order valence-electron chi connectivity index (χ4n) is 1.38. The van der Waals surface area contributed by atoms with Crippen LogP contribution in [-0.2, 0) is 4.79 Å². The van der Waals surface area contributed by atoms with Crippen LogP contribution in [0.1, 0.15) is 38.1 Å². The van der Waals surface area contributed by atoms with E-state index < -0.39 is 22.8 Å². The van der Waals surface area contributed by atoms with Gasteiger partial charge in [0.25, 0.3) is 5.91 Å². The predicted molar refractivity (Wildman–Crippen MR) is 77.2 cm³/mol. The third-order valence-electron chi connectivity index (χ3n) is 3.55. The van der Waals surface area contributed by atoms with Crippen molar-refractivity contribution in [2.24, 2.45) is 5.41 Å². The number of amides is 1. The highest BCUT2D eigenvalue weighted by atomic mass is 35.5. The van der Waals surface area contributed by atoms with Gasteiger partial charge in [0.1, 0.15) is 10.3 Å². The molecule has 0 spiro atoms. The first-order chi connectivity index (χ1) is 8.97.